The second-order valence-corrected chi connectivity index (χ2v) is 18.7. The van der Waals surface area contributed by atoms with Gasteiger partial charge in [-0.1, -0.05) is 6.42 Å². The molecular weight excluding hydrogens is 1080 g/mol. The molecule has 3 unspecified atom stereocenters. The molecule has 2 aromatic carbocycles. The van der Waals surface area contributed by atoms with Crippen molar-refractivity contribution in [3.63, 3.8) is 0 Å². The van der Waals surface area contributed by atoms with Gasteiger partial charge in [0.2, 0.25) is 17.1 Å². The summed E-state index contributed by atoms with van der Waals surface area (Å²) in [6.45, 7) is -2.41. The number of benzene rings is 3. The van der Waals surface area contributed by atoms with Gasteiger partial charge in [0.25, 0.3) is 13.7 Å². The predicted octanol–water partition coefficient (Wildman–Crippen LogP) is -8.70. The molecule has 2 amide bonds. The van der Waals surface area contributed by atoms with E-state index in [1.54, 1.807) is 0 Å². The first kappa shape index (κ1) is 63.0. The molecule has 0 bridgehead atoms. The third-order valence-corrected chi connectivity index (χ3v) is 13.2. The van der Waals surface area contributed by atoms with Crippen LogP contribution in [0.15, 0.2) is 68.7 Å². The SMILES string of the molecule is Nc1ccn([C@@H]2O[C@H](COP(=O)([O-])O[C@@]3(C(=O)[O-])CC(O)[C@@H](NC(=O)CCCCCNC(=O)c4ccc(C(=O)O)c(-c5c6cc(F)c(=O)cc-6oc6cc(O)c(F)cc56)c4)[C@H](C(O)[C@H](O)CO)O3)[C@@H](O)[C@H]2O)c(=O)n1.[Na+].[Na+]. The van der Waals surface area contributed by atoms with Crippen LogP contribution in [0.25, 0.3) is 33.4 Å². The van der Waals surface area contributed by atoms with E-state index in [0.29, 0.717) is 0 Å². The number of nitrogen functional groups attached to an aromatic ring is 1. The van der Waals surface area contributed by atoms with Crippen molar-refractivity contribution >= 4 is 48.4 Å². The molecule has 32 heteroatoms. The molecule has 11 atom stereocenters. The quantitative estimate of drug-likeness (QED) is 0.0149. The number of aromatic carboxylic acids is 1. The molecule has 3 aromatic rings. The Kier molecular flexibility index (Phi) is 21.2. The summed E-state index contributed by atoms with van der Waals surface area (Å²) in [5, 5.41) is 100. The average molecular weight is 1120 g/mol. The number of aliphatic hydroxyl groups excluding tert-OH is 6. The van der Waals surface area contributed by atoms with E-state index in [-0.39, 0.29) is 136 Å². The van der Waals surface area contributed by atoms with Gasteiger partial charge in [-0.25, -0.2) is 18.4 Å². The van der Waals surface area contributed by atoms with E-state index in [0.717, 1.165) is 53.2 Å². The average Bonchev–Trinajstić information content (AvgIpc) is 3.65. The van der Waals surface area contributed by atoms with Crippen molar-refractivity contribution in [3.8, 4) is 28.2 Å². The van der Waals surface area contributed by atoms with E-state index in [2.05, 4.69) is 15.6 Å². The normalized spacial score (nSPS) is 23.7. The first-order valence-electron chi connectivity index (χ1n) is 22.5. The van der Waals surface area contributed by atoms with Gasteiger partial charge in [0.15, 0.2) is 23.6 Å². The zero-order chi connectivity index (χ0) is 54.8. The van der Waals surface area contributed by atoms with Crippen molar-refractivity contribution < 1.29 is 165 Å². The number of carboxylic acids is 2. The van der Waals surface area contributed by atoms with Gasteiger partial charge in [-0.3, -0.25) is 28.0 Å². The number of carbonyl (C=O) groups is 4. The molecule has 27 nitrogen and oxygen atoms in total. The Morgan fingerprint density at radius 2 is 1.70 bits per heavy atom. The molecule has 1 aromatic heterocycles. The van der Waals surface area contributed by atoms with Crippen LogP contribution in [0.2, 0.25) is 0 Å². The van der Waals surface area contributed by atoms with Crippen LogP contribution in [0, 0.1) is 11.6 Å². The van der Waals surface area contributed by atoms with E-state index in [1.807, 2.05) is 0 Å². The minimum Gasteiger partial charge on any atom is -0.756 e. The molecular formula is C45H46F2N5Na2O22P. The fourth-order valence-corrected chi connectivity index (χ4v) is 9.42. The number of anilines is 1. The van der Waals surface area contributed by atoms with Crippen molar-refractivity contribution in [3.05, 3.63) is 98.2 Å². The number of carboxylic acid groups (broad SMARTS) is 2. The van der Waals surface area contributed by atoms with Gasteiger partial charge in [-0.05, 0) is 54.8 Å². The molecule has 4 heterocycles. The zero-order valence-electron chi connectivity index (χ0n) is 40.5. The number of nitrogens with zero attached hydrogens (tertiary/aromatic N) is 2. The third-order valence-electron chi connectivity index (χ3n) is 12.2. The molecule has 12 N–H and O–H groups in total. The number of aromatic hydroxyl groups is 1. The summed E-state index contributed by atoms with van der Waals surface area (Å²) in [6, 6.07) is 5.95. The van der Waals surface area contributed by atoms with Gasteiger partial charge >= 0.3 is 70.8 Å². The minimum atomic E-state index is -5.99. The maximum Gasteiger partial charge on any atom is 1.00 e. The number of aliphatic carboxylic acids is 1. The molecule has 404 valence electrons. The molecule has 2 saturated heterocycles. The van der Waals surface area contributed by atoms with E-state index in [4.69, 9.17) is 28.7 Å². The summed E-state index contributed by atoms with van der Waals surface area (Å²) in [7, 11) is -5.99. The topological polar surface area (TPSA) is 445 Å². The Morgan fingerprint density at radius 1 is 0.987 bits per heavy atom. The number of unbranched alkanes of at least 4 members (excludes halogenated alkanes) is 2. The fourth-order valence-electron chi connectivity index (χ4n) is 8.48. The number of ether oxygens (including phenoxy) is 2. The van der Waals surface area contributed by atoms with E-state index >= 15 is 0 Å². The monoisotopic (exact) mass is 1120 g/mol. The van der Waals surface area contributed by atoms with Crippen molar-refractivity contribution in [2.75, 3.05) is 25.5 Å². The number of phosphoric acid groups is 1. The Bertz CT molecular complexity index is 3160. The van der Waals surface area contributed by atoms with Crippen LogP contribution in [-0.4, -0.2) is 148 Å². The molecule has 77 heavy (non-hydrogen) atoms. The number of phenolic OH excluding ortho intramolecular Hbond substituents is 1. The molecule has 7 rings (SSSR count). The van der Waals surface area contributed by atoms with Crippen LogP contribution >= 0.6 is 7.82 Å². The van der Waals surface area contributed by atoms with Gasteiger partial charge in [-0.15, -0.1) is 0 Å². The first-order chi connectivity index (χ1) is 35.3. The number of rotatable bonds is 20. The second kappa shape index (κ2) is 25.9. The second-order valence-electron chi connectivity index (χ2n) is 17.3. The molecule has 1 aliphatic carbocycles. The standard InChI is InChI=1S/C45H48F2N5O22P.2Na/c46-23-11-21-29(13-25(23)54)71-30-14-26(55)24(47)12-22(30)34(21)20-10-18(5-6-19(20)42(63)64)40(62)49-8-3-1-2-4-33(58)51-35-27(56)15-45(43(65)66,73-39(35)36(59)28(57)16-53)74-75(68,69)70-17-31-37(60)38(61)41(72-31)52-9-7-32(48)50-44(52)67;;/h5-7,9-14,27-28,31,35-39,41,53-54,56-57,59-61H,1-4,8,15-17H2,(H,49,62)(H,51,58)(H,63,64)(H,65,66)(H,68,69)(H2,48,50,67);;/q;2*+1/p-2/t27?,28-,31-,35-,36?,37-,38-,39-,41-,45-;;/m1../s1. The number of hydrogen-bond acceptors (Lipinski definition) is 23. The zero-order valence-corrected chi connectivity index (χ0v) is 45.4. The van der Waals surface area contributed by atoms with Gasteiger partial charge in [0.05, 0.1) is 30.9 Å². The van der Waals surface area contributed by atoms with Crippen LogP contribution < -0.4 is 96.6 Å². The summed E-state index contributed by atoms with van der Waals surface area (Å²) >= 11 is 0. The van der Waals surface area contributed by atoms with E-state index in [1.165, 1.54) is 6.07 Å². The number of carbonyl (C=O) groups excluding carboxylic acids is 3. The third kappa shape index (κ3) is 13.9. The predicted molar refractivity (Wildman–Crippen MR) is 242 cm³/mol. The number of nitrogens with one attached hydrogen (secondary N) is 2. The van der Waals surface area contributed by atoms with Crippen molar-refractivity contribution in [2.24, 2.45) is 0 Å². The number of halogens is 2. The van der Waals surface area contributed by atoms with Gasteiger partial charge in [0.1, 0.15) is 59.8 Å². The summed E-state index contributed by atoms with van der Waals surface area (Å²) in [5.41, 5.74) is 2.11. The minimum absolute atomic E-state index is 0. The number of aliphatic hydroxyl groups is 6. The number of phenols is 1. The van der Waals surface area contributed by atoms with Gasteiger partial charge in [0, 0.05) is 59.8 Å². The Balaban J connectivity index is 0.00000547. The van der Waals surface area contributed by atoms with E-state index in [9.17, 15) is 93.0 Å². The van der Waals surface area contributed by atoms with Gasteiger partial charge in [-0.2, -0.15) is 4.98 Å². The summed E-state index contributed by atoms with van der Waals surface area (Å²) in [5.74, 6) is -12.8. The molecule has 0 spiro atoms. The number of nitrogens with two attached hydrogens (primary N) is 1. The first-order valence-corrected chi connectivity index (χ1v) is 23.9. The van der Waals surface area contributed by atoms with E-state index < -0.39 is 146 Å². The Morgan fingerprint density at radius 3 is 2.36 bits per heavy atom. The van der Waals surface area contributed by atoms with Gasteiger partial charge < -0.3 is 90.4 Å². The molecule has 0 radical (unpaired) electrons. The maximum atomic E-state index is 14.7. The van der Waals surface area contributed by atoms with Crippen molar-refractivity contribution in [2.45, 2.75) is 92.9 Å². The van der Waals surface area contributed by atoms with Crippen LogP contribution in [0.1, 0.15) is 59.0 Å². The maximum absolute atomic E-state index is 14.7. The van der Waals surface area contributed by atoms with Crippen LogP contribution in [-0.2, 0) is 32.7 Å². The Hall–Kier alpha value is -4.86. The Labute approximate surface area is 475 Å². The van der Waals surface area contributed by atoms with Crippen LogP contribution in [0.4, 0.5) is 14.6 Å². The van der Waals surface area contributed by atoms with Crippen LogP contribution in [0.3, 0.4) is 0 Å². The molecule has 2 fully saturated rings. The smallest absolute Gasteiger partial charge is 0.756 e. The molecule has 0 saturated carbocycles. The number of phosphoric ester groups is 1. The van der Waals surface area contributed by atoms with Crippen LogP contribution in [0.5, 0.6) is 5.75 Å². The van der Waals surface area contributed by atoms with Crippen molar-refractivity contribution in [1.29, 1.82) is 0 Å². The number of amides is 2. The number of fused-ring (bicyclic) bond motifs is 2. The fraction of sp³-hybridized carbons (Fsp3) is 0.400. The summed E-state index contributed by atoms with van der Waals surface area (Å²) < 4.78 is 69.0. The van der Waals surface area contributed by atoms with Crippen molar-refractivity contribution in [1.82, 2.24) is 20.2 Å². The summed E-state index contributed by atoms with van der Waals surface area (Å²) in [6.07, 6.45) is -16.1. The number of aromatic nitrogens is 2. The molecule has 4 aliphatic rings. The number of hydrogen-bond donors (Lipinski definition) is 11. The summed E-state index contributed by atoms with van der Waals surface area (Å²) in [4.78, 5) is 92.5. The largest absolute Gasteiger partial charge is 1.00 e. The molecule has 3 aliphatic heterocycles.